The van der Waals surface area contributed by atoms with Gasteiger partial charge in [0, 0.05) is 11.7 Å². The molecule has 0 aliphatic heterocycles. The van der Waals surface area contributed by atoms with Crippen LogP contribution in [-0.2, 0) is 26.0 Å². The number of sulfonamides is 1. The topological polar surface area (TPSA) is 102 Å². The molecule has 0 saturated heterocycles. The maximum atomic E-state index is 12.2. The van der Waals surface area contributed by atoms with E-state index >= 15 is 0 Å². The molecule has 0 fully saturated rings. The van der Waals surface area contributed by atoms with Crippen molar-refractivity contribution in [2.45, 2.75) is 38.1 Å². The van der Waals surface area contributed by atoms with Gasteiger partial charge in [-0.2, -0.15) is 0 Å². The Balaban J connectivity index is 1.99. The number of esters is 1. The summed E-state index contributed by atoms with van der Waals surface area (Å²) in [6, 6.07) is 12.6. The smallest absolute Gasteiger partial charge is 0.338 e. The largest absolute Gasteiger partial charge is 0.452 e. The van der Waals surface area contributed by atoms with E-state index in [1.54, 1.807) is 19.9 Å². The van der Waals surface area contributed by atoms with E-state index in [0.717, 1.165) is 12.0 Å². The molecule has 0 bridgehead atoms. The van der Waals surface area contributed by atoms with Gasteiger partial charge in [-0.15, -0.1) is 0 Å². The molecular formula is C20H24N2O5S. The third kappa shape index (κ3) is 6.17. The Kier molecular flexibility index (Phi) is 7.31. The van der Waals surface area contributed by atoms with Gasteiger partial charge in [0.2, 0.25) is 10.0 Å². The Bertz CT molecular complexity index is 955. The van der Waals surface area contributed by atoms with Gasteiger partial charge in [-0.1, -0.05) is 25.1 Å². The highest BCUT2D eigenvalue weighted by Crippen LogP contribution is 2.14. The van der Waals surface area contributed by atoms with E-state index in [4.69, 9.17) is 4.74 Å². The Morgan fingerprint density at radius 1 is 1.07 bits per heavy atom. The highest BCUT2D eigenvalue weighted by atomic mass is 32.2. The minimum Gasteiger partial charge on any atom is -0.452 e. The number of carbonyl (C=O) groups excluding carboxylic acids is 2. The van der Waals surface area contributed by atoms with Gasteiger partial charge in [-0.05, 0) is 56.2 Å². The van der Waals surface area contributed by atoms with Crippen LogP contribution in [0.2, 0.25) is 0 Å². The van der Waals surface area contributed by atoms with Crippen molar-refractivity contribution in [3.63, 3.8) is 0 Å². The second-order valence-electron chi connectivity index (χ2n) is 6.48. The molecule has 0 atom stereocenters. The second-order valence-corrected chi connectivity index (χ2v) is 8.20. The van der Waals surface area contributed by atoms with Crippen LogP contribution in [-0.4, -0.2) is 32.9 Å². The lowest BCUT2D eigenvalue weighted by Gasteiger charge is -2.11. The number of rotatable bonds is 8. The summed E-state index contributed by atoms with van der Waals surface area (Å²) in [6.07, 6.45) is 0.837. The predicted molar refractivity (Wildman–Crippen MR) is 107 cm³/mol. The number of hydrogen-bond acceptors (Lipinski definition) is 5. The number of anilines is 1. The Labute approximate surface area is 165 Å². The summed E-state index contributed by atoms with van der Waals surface area (Å²) >= 11 is 0. The van der Waals surface area contributed by atoms with Crippen molar-refractivity contribution in [3.8, 4) is 0 Å². The molecule has 28 heavy (non-hydrogen) atoms. The molecular weight excluding hydrogens is 380 g/mol. The Morgan fingerprint density at radius 3 is 2.46 bits per heavy atom. The first kappa shape index (κ1) is 21.6. The van der Waals surface area contributed by atoms with Gasteiger partial charge in [0.05, 0.1) is 10.5 Å². The van der Waals surface area contributed by atoms with Crippen molar-refractivity contribution in [1.29, 1.82) is 0 Å². The number of benzene rings is 2. The highest BCUT2D eigenvalue weighted by Gasteiger charge is 2.18. The van der Waals surface area contributed by atoms with Crippen molar-refractivity contribution in [2.75, 3.05) is 11.9 Å². The molecule has 8 heteroatoms. The van der Waals surface area contributed by atoms with Crippen LogP contribution in [0.3, 0.4) is 0 Å². The molecule has 150 valence electrons. The molecule has 2 N–H and O–H groups in total. The highest BCUT2D eigenvalue weighted by molar-refractivity contribution is 7.89. The van der Waals surface area contributed by atoms with E-state index in [0.29, 0.717) is 5.69 Å². The molecule has 2 aromatic rings. The van der Waals surface area contributed by atoms with E-state index in [2.05, 4.69) is 10.0 Å². The molecule has 0 radical (unpaired) electrons. The van der Waals surface area contributed by atoms with Gasteiger partial charge >= 0.3 is 5.97 Å². The number of nitrogens with one attached hydrogen (secondary N) is 2. The van der Waals surface area contributed by atoms with Crippen molar-refractivity contribution < 1.29 is 22.7 Å². The molecule has 1 amide bonds. The van der Waals surface area contributed by atoms with Gasteiger partial charge in [0.25, 0.3) is 5.91 Å². The quantitative estimate of drug-likeness (QED) is 0.659. The summed E-state index contributed by atoms with van der Waals surface area (Å²) in [5, 5.41) is 2.66. The maximum Gasteiger partial charge on any atom is 0.338 e. The van der Waals surface area contributed by atoms with Crippen LogP contribution in [0.5, 0.6) is 0 Å². The lowest BCUT2D eigenvalue weighted by atomic mass is 10.1. The molecule has 0 spiro atoms. The van der Waals surface area contributed by atoms with Gasteiger partial charge in [-0.25, -0.2) is 17.9 Å². The zero-order chi connectivity index (χ0) is 20.7. The van der Waals surface area contributed by atoms with Crippen molar-refractivity contribution in [2.24, 2.45) is 0 Å². The van der Waals surface area contributed by atoms with Gasteiger partial charge in [0.1, 0.15) is 0 Å². The number of hydrogen-bond donors (Lipinski definition) is 2. The lowest BCUT2D eigenvalue weighted by Crippen LogP contribution is -2.30. The molecule has 0 aromatic heterocycles. The van der Waals surface area contributed by atoms with Crippen LogP contribution < -0.4 is 10.0 Å². The second kappa shape index (κ2) is 9.48. The average molecular weight is 404 g/mol. The lowest BCUT2D eigenvalue weighted by molar-refractivity contribution is -0.119. The van der Waals surface area contributed by atoms with E-state index in [1.807, 2.05) is 25.1 Å². The summed E-state index contributed by atoms with van der Waals surface area (Å²) in [4.78, 5) is 24.1. The fourth-order valence-corrected chi connectivity index (χ4v) is 3.75. The number of ether oxygens (including phenoxy) is 1. The van der Waals surface area contributed by atoms with E-state index in [-0.39, 0.29) is 16.5 Å². The summed E-state index contributed by atoms with van der Waals surface area (Å²) in [6.45, 7) is 4.93. The first-order valence-corrected chi connectivity index (χ1v) is 10.4. The summed E-state index contributed by atoms with van der Waals surface area (Å²) < 4.78 is 31.9. The minimum absolute atomic E-state index is 0.0449. The summed E-state index contributed by atoms with van der Waals surface area (Å²) in [7, 11) is -3.73. The first-order chi connectivity index (χ1) is 13.2. The predicted octanol–water partition coefficient (Wildman–Crippen LogP) is 2.73. The van der Waals surface area contributed by atoms with E-state index in [9.17, 15) is 18.0 Å². The van der Waals surface area contributed by atoms with E-state index < -0.39 is 28.5 Å². The third-order valence-electron chi connectivity index (χ3n) is 3.72. The van der Waals surface area contributed by atoms with E-state index in [1.165, 1.54) is 24.3 Å². The molecule has 0 aliphatic carbocycles. The fourth-order valence-electron chi connectivity index (χ4n) is 2.45. The molecule has 7 nitrogen and oxygen atoms in total. The SMILES string of the molecule is CCc1cccc(NC(=O)COC(=O)c2cccc(S(=O)(=O)NC(C)C)c2)c1. The molecule has 2 aromatic carbocycles. The maximum absolute atomic E-state index is 12.2. The number of amides is 1. The molecule has 0 unspecified atom stereocenters. The first-order valence-electron chi connectivity index (χ1n) is 8.89. The normalized spacial score (nSPS) is 11.3. The molecule has 0 saturated carbocycles. The number of aryl methyl sites for hydroxylation is 1. The zero-order valence-electron chi connectivity index (χ0n) is 16.1. The molecule has 2 rings (SSSR count). The van der Waals surface area contributed by atoms with Crippen LogP contribution in [0, 0.1) is 0 Å². The molecule has 0 heterocycles. The van der Waals surface area contributed by atoms with Crippen molar-refractivity contribution in [1.82, 2.24) is 4.72 Å². The zero-order valence-corrected chi connectivity index (χ0v) is 16.9. The van der Waals surface area contributed by atoms with Gasteiger partial charge in [-0.3, -0.25) is 4.79 Å². The van der Waals surface area contributed by atoms with Crippen LogP contribution in [0.1, 0.15) is 36.7 Å². The van der Waals surface area contributed by atoms with Gasteiger partial charge < -0.3 is 10.1 Å². The van der Waals surface area contributed by atoms with Crippen LogP contribution in [0.4, 0.5) is 5.69 Å². The van der Waals surface area contributed by atoms with Crippen molar-refractivity contribution in [3.05, 3.63) is 59.7 Å². The molecule has 0 aliphatic rings. The fraction of sp³-hybridized carbons (Fsp3) is 0.300. The Morgan fingerprint density at radius 2 is 1.79 bits per heavy atom. The van der Waals surface area contributed by atoms with Crippen LogP contribution >= 0.6 is 0 Å². The van der Waals surface area contributed by atoms with Crippen molar-refractivity contribution >= 4 is 27.6 Å². The summed E-state index contributed by atoms with van der Waals surface area (Å²) in [5.41, 5.74) is 1.74. The van der Waals surface area contributed by atoms with Crippen LogP contribution in [0.15, 0.2) is 53.4 Å². The average Bonchev–Trinajstić information content (AvgIpc) is 2.65. The van der Waals surface area contributed by atoms with Crippen LogP contribution in [0.25, 0.3) is 0 Å². The minimum atomic E-state index is -3.73. The Hall–Kier alpha value is -2.71. The standard InChI is InChI=1S/C20H24N2O5S/c1-4-15-7-5-9-17(11-15)21-19(23)13-27-20(24)16-8-6-10-18(12-16)28(25,26)22-14(2)3/h5-12,14,22H,4,13H2,1-3H3,(H,21,23). The number of carbonyl (C=O) groups is 2. The monoisotopic (exact) mass is 404 g/mol. The van der Waals surface area contributed by atoms with Gasteiger partial charge in [0.15, 0.2) is 6.61 Å². The third-order valence-corrected chi connectivity index (χ3v) is 5.38. The summed E-state index contributed by atoms with van der Waals surface area (Å²) in [5.74, 6) is -1.26.